The largest absolute Gasteiger partial charge is 0.329 e. The molecular formula is C17H24N2O. The van der Waals surface area contributed by atoms with Gasteiger partial charge in [0.2, 0.25) is 0 Å². The van der Waals surface area contributed by atoms with Crippen LogP contribution < -0.4 is 5.69 Å². The zero-order chi connectivity index (χ0) is 14.3. The highest BCUT2D eigenvalue weighted by Crippen LogP contribution is 2.39. The van der Waals surface area contributed by atoms with Crippen molar-refractivity contribution >= 4 is 11.0 Å². The van der Waals surface area contributed by atoms with Gasteiger partial charge in [0.1, 0.15) is 0 Å². The first-order valence-corrected chi connectivity index (χ1v) is 7.74. The normalized spacial score (nSPS) is 27.1. The van der Waals surface area contributed by atoms with Crippen molar-refractivity contribution in [1.82, 2.24) is 9.13 Å². The van der Waals surface area contributed by atoms with Gasteiger partial charge >= 0.3 is 5.69 Å². The lowest BCUT2D eigenvalue weighted by molar-refractivity contribution is 0.172. The van der Waals surface area contributed by atoms with Gasteiger partial charge in [0, 0.05) is 12.6 Å². The van der Waals surface area contributed by atoms with E-state index in [9.17, 15) is 4.79 Å². The molecule has 0 radical (unpaired) electrons. The SMILES string of the molecule is CCC1CCC(C)(n2c(=O)n(C)c3ccccc32)CC1. The van der Waals surface area contributed by atoms with E-state index in [0.717, 1.165) is 29.8 Å². The topological polar surface area (TPSA) is 26.9 Å². The van der Waals surface area contributed by atoms with Crippen molar-refractivity contribution in [2.45, 2.75) is 51.5 Å². The van der Waals surface area contributed by atoms with E-state index in [1.165, 1.54) is 19.3 Å². The van der Waals surface area contributed by atoms with Crippen LogP contribution in [0.2, 0.25) is 0 Å². The summed E-state index contributed by atoms with van der Waals surface area (Å²) in [4.78, 5) is 12.7. The lowest BCUT2D eigenvalue weighted by Gasteiger charge is -2.38. The first-order valence-electron chi connectivity index (χ1n) is 7.74. The second-order valence-corrected chi connectivity index (χ2v) is 6.51. The molecule has 1 aliphatic rings. The molecule has 1 aliphatic carbocycles. The Morgan fingerprint density at radius 1 is 1.20 bits per heavy atom. The van der Waals surface area contributed by atoms with Gasteiger partial charge in [0.25, 0.3) is 0 Å². The number of benzene rings is 1. The molecule has 3 nitrogen and oxygen atoms in total. The standard InChI is InChI=1S/C17H24N2O/c1-4-13-9-11-17(2,12-10-13)19-15-8-6-5-7-14(15)18(3)16(19)20/h5-8,13H,4,9-12H2,1-3H3. The average Bonchev–Trinajstić information content (AvgIpc) is 2.73. The molecule has 0 saturated heterocycles. The summed E-state index contributed by atoms with van der Waals surface area (Å²) in [6.45, 7) is 4.53. The highest BCUT2D eigenvalue weighted by atomic mass is 16.1. The van der Waals surface area contributed by atoms with E-state index in [-0.39, 0.29) is 11.2 Å². The molecule has 1 saturated carbocycles. The third kappa shape index (κ3) is 1.91. The van der Waals surface area contributed by atoms with Crippen LogP contribution in [-0.4, -0.2) is 9.13 Å². The van der Waals surface area contributed by atoms with Crippen LogP contribution in [0.3, 0.4) is 0 Å². The average molecular weight is 272 g/mol. The van der Waals surface area contributed by atoms with Crippen molar-refractivity contribution < 1.29 is 0 Å². The maximum Gasteiger partial charge on any atom is 0.329 e. The molecule has 3 rings (SSSR count). The molecule has 1 fully saturated rings. The molecule has 0 bridgehead atoms. The van der Waals surface area contributed by atoms with Crippen molar-refractivity contribution in [3.05, 3.63) is 34.7 Å². The third-order valence-electron chi connectivity index (χ3n) is 5.26. The monoisotopic (exact) mass is 272 g/mol. The molecule has 3 heteroatoms. The van der Waals surface area contributed by atoms with Gasteiger partial charge < -0.3 is 0 Å². The Labute approximate surface area is 120 Å². The van der Waals surface area contributed by atoms with E-state index in [0.29, 0.717) is 0 Å². The number of hydrogen-bond acceptors (Lipinski definition) is 1. The van der Waals surface area contributed by atoms with Crippen molar-refractivity contribution in [3.63, 3.8) is 0 Å². The smallest absolute Gasteiger partial charge is 0.295 e. The molecule has 1 aromatic heterocycles. The Hall–Kier alpha value is -1.51. The molecule has 2 aromatic rings. The van der Waals surface area contributed by atoms with Crippen LogP contribution in [0, 0.1) is 5.92 Å². The van der Waals surface area contributed by atoms with E-state index in [2.05, 4.69) is 19.9 Å². The number of fused-ring (bicyclic) bond motifs is 1. The van der Waals surface area contributed by atoms with Gasteiger partial charge in [-0.05, 0) is 50.7 Å². The van der Waals surface area contributed by atoms with E-state index < -0.39 is 0 Å². The number of aryl methyl sites for hydroxylation is 1. The molecular weight excluding hydrogens is 248 g/mol. The molecule has 0 atom stereocenters. The minimum Gasteiger partial charge on any atom is -0.295 e. The third-order valence-corrected chi connectivity index (χ3v) is 5.26. The van der Waals surface area contributed by atoms with Crippen molar-refractivity contribution in [2.24, 2.45) is 13.0 Å². The molecule has 108 valence electrons. The number of hydrogen-bond donors (Lipinski definition) is 0. The van der Waals surface area contributed by atoms with Crippen molar-refractivity contribution in [2.75, 3.05) is 0 Å². The highest BCUT2D eigenvalue weighted by Gasteiger charge is 2.34. The summed E-state index contributed by atoms with van der Waals surface area (Å²) >= 11 is 0. The molecule has 1 aromatic carbocycles. The number of rotatable bonds is 2. The maximum atomic E-state index is 12.7. The number of nitrogens with zero attached hydrogens (tertiary/aromatic N) is 2. The molecule has 20 heavy (non-hydrogen) atoms. The van der Waals surface area contributed by atoms with Crippen LogP contribution in [0.1, 0.15) is 46.0 Å². The Morgan fingerprint density at radius 2 is 1.80 bits per heavy atom. The number of para-hydroxylation sites is 2. The summed E-state index contributed by atoms with van der Waals surface area (Å²) in [5, 5.41) is 0. The molecule has 0 amide bonds. The fourth-order valence-electron chi connectivity index (χ4n) is 3.75. The minimum absolute atomic E-state index is 0.0242. The van der Waals surface area contributed by atoms with Gasteiger partial charge in [-0.15, -0.1) is 0 Å². The second kappa shape index (κ2) is 4.80. The van der Waals surface area contributed by atoms with Crippen LogP contribution in [-0.2, 0) is 12.6 Å². The lowest BCUT2D eigenvalue weighted by atomic mass is 9.76. The van der Waals surface area contributed by atoms with E-state index >= 15 is 0 Å². The molecule has 0 N–H and O–H groups in total. The molecule has 0 unspecified atom stereocenters. The van der Waals surface area contributed by atoms with E-state index in [1.807, 2.05) is 29.8 Å². The maximum absolute atomic E-state index is 12.7. The zero-order valence-electron chi connectivity index (χ0n) is 12.7. The summed E-state index contributed by atoms with van der Waals surface area (Å²) < 4.78 is 3.83. The van der Waals surface area contributed by atoms with Crippen LogP contribution in [0.15, 0.2) is 29.1 Å². The van der Waals surface area contributed by atoms with Gasteiger partial charge in [-0.3, -0.25) is 9.13 Å². The minimum atomic E-state index is -0.0242. The quantitative estimate of drug-likeness (QED) is 0.819. The summed E-state index contributed by atoms with van der Waals surface area (Å²) in [5.41, 5.74) is 2.22. The van der Waals surface area contributed by atoms with Crippen LogP contribution in [0.4, 0.5) is 0 Å². The van der Waals surface area contributed by atoms with Crippen molar-refractivity contribution in [3.8, 4) is 0 Å². The Kier molecular flexibility index (Phi) is 3.23. The first kappa shape index (κ1) is 13.5. The number of imidazole rings is 1. The van der Waals surface area contributed by atoms with Crippen LogP contribution >= 0.6 is 0 Å². The molecule has 0 spiro atoms. The van der Waals surface area contributed by atoms with Crippen molar-refractivity contribution in [1.29, 1.82) is 0 Å². The fourth-order valence-corrected chi connectivity index (χ4v) is 3.75. The first-order chi connectivity index (χ1) is 9.57. The Balaban J connectivity index is 2.11. The van der Waals surface area contributed by atoms with Crippen LogP contribution in [0.25, 0.3) is 11.0 Å². The number of aromatic nitrogens is 2. The summed E-state index contributed by atoms with van der Waals surface area (Å²) in [6, 6.07) is 8.14. The van der Waals surface area contributed by atoms with Gasteiger partial charge in [0.15, 0.2) is 0 Å². The van der Waals surface area contributed by atoms with Gasteiger partial charge in [0.05, 0.1) is 11.0 Å². The highest BCUT2D eigenvalue weighted by molar-refractivity contribution is 5.76. The summed E-state index contributed by atoms with van der Waals surface area (Å²) in [6.07, 6.45) is 5.96. The fraction of sp³-hybridized carbons (Fsp3) is 0.588. The van der Waals surface area contributed by atoms with Gasteiger partial charge in [-0.25, -0.2) is 4.79 Å². The van der Waals surface area contributed by atoms with Gasteiger partial charge in [-0.1, -0.05) is 25.5 Å². The van der Waals surface area contributed by atoms with Gasteiger partial charge in [-0.2, -0.15) is 0 Å². The zero-order valence-corrected chi connectivity index (χ0v) is 12.7. The van der Waals surface area contributed by atoms with E-state index in [1.54, 1.807) is 4.57 Å². The molecule has 1 heterocycles. The predicted octanol–water partition coefficient (Wildman–Crippen LogP) is 3.66. The summed E-state index contributed by atoms with van der Waals surface area (Å²) in [5.74, 6) is 0.841. The Morgan fingerprint density at radius 3 is 2.40 bits per heavy atom. The summed E-state index contributed by atoms with van der Waals surface area (Å²) in [7, 11) is 1.88. The van der Waals surface area contributed by atoms with Crippen LogP contribution in [0.5, 0.6) is 0 Å². The second-order valence-electron chi connectivity index (χ2n) is 6.51. The molecule has 0 aliphatic heterocycles. The van der Waals surface area contributed by atoms with E-state index in [4.69, 9.17) is 0 Å². The Bertz CT molecular complexity index is 672. The predicted molar refractivity (Wildman–Crippen MR) is 83.1 cm³/mol. The lowest BCUT2D eigenvalue weighted by Crippen LogP contribution is -2.41.